The maximum absolute atomic E-state index is 11.3. The van der Waals surface area contributed by atoms with Crippen molar-refractivity contribution < 1.29 is 9.90 Å². The fourth-order valence-corrected chi connectivity index (χ4v) is 1.07. The fourth-order valence-electron chi connectivity index (χ4n) is 1.07. The summed E-state index contributed by atoms with van der Waals surface area (Å²) in [4.78, 5) is 21.7. The molecule has 0 aliphatic rings. The van der Waals surface area contributed by atoms with Crippen molar-refractivity contribution in [2.75, 3.05) is 0 Å². The van der Waals surface area contributed by atoms with Gasteiger partial charge in [-0.2, -0.15) is 0 Å². The van der Waals surface area contributed by atoms with Gasteiger partial charge in [-0.15, -0.1) is 0 Å². The normalized spacial score (nSPS) is 11.6. The zero-order valence-corrected chi connectivity index (χ0v) is 8.50. The van der Waals surface area contributed by atoms with E-state index in [0.29, 0.717) is 0 Å². The molecule has 1 rings (SSSR count). The predicted molar refractivity (Wildman–Crippen MR) is 51.4 cm³/mol. The van der Waals surface area contributed by atoms with Gasteiger partial charge in [-0.1, -0.05) is 20.8 Å². The van der Waals surface area contributed by atoms with E-state index in [-0.39, 0.29) is 17.5 Å². The molecule has 0 spiro atoms. The molecule has 0 saturated carbocycles. The first-order valence-corrected chi connectivity index (χ1v) is 4.33. The molecule has 78 valence electrons. The Balaban J connectivity index is 3.06. The Morgan fingerprint density at radius 2 is 2.14 bits per heavy atom. The number of H-pyrrole nitrogens is 1. The van der Waals surface area contributed by atoms with Crippen molar-refractivity contribution in [3.05, 3.63) is 22.1 Å². The fraction of sp³-hybridized carbons (Fsp3) is 0.556. The van der Waals surface area contributed by atoms with Crippen LogP contribution in [-0.2, 0) is 16.8 Å². The van der Waals surface area contributed by atoms with E-state index in [4.69, 9.17) is 5.11 Å². The molecule has 0 atom stereocenters. The number of rotatable bonds is 2. The lowest BCUT2D eigenvalue weighted by molar-refractivity contribution is -0.137. The van der Waals surface area contributed by atoms with Crippen LogP contribution < -0.4 is 5.56 Å². The molecule has 0 radical (unpaired) electrons. The number of hydrogen-bond acceptors (Lipinski definition) is 2. The SMILES string of the molecule is CC(C)(C)c1cc(=O)n(CC(=O)O)[nH]1. The molecular weight excluding hydrogens is 184 g/mol. The Labute approximate surface area is 81.3 Å². The summed E-state index contributed by atoms with van der Waals surface area (Å²) in [5.41, 5.74) is 0.254. The zero-order chi connectivity index (χ0) is 10.9. The molecule has 1 heterocycles. The van der Waals surface area contributed by atoms with Gasteiger partial charge < -0.3 is 5.11 Å². The maximum atomic E-state index is 11.3. The van der Waals surface area contributed by atoms with Gasteiger partial charge in [0.1, 0.15) is 6.54 Å². The summed E-state index contributed by atoms with van der Waals surface area (Å²) in [6, 6.07) is 1.43. The molecule has 0 bridgehead atoms. The Hall–Kier alpha value is -1.52. The smallest absolute Gasteiger partial charge is 0.325 e. The van der Waals surface area contributed by atoms with Crippen molar-refractivity contribution in [3.63, 3.8) is 0 Å². The highest BCUT2D eigenvalue weighted by Gasteiger charge is 2.17. The number of aromatic nitrogens is 2. The summed E-state index contributed by atoms with van der Waals surface area (Å²) in [5, 5.41) is 11.3. The summed E-state index contributed by atoms with van der Waals surface area (Å²) >= 11 is 0. The van der Waals surface area contributed by atoms with Crippen LogP contribution in [0.2, 0.25) is 0 Å². The molecule has 0 fully saturated rings. The van der Waals surface area contributed by atoms with E-state index in [1.54, 1.807) is 0 Å². The lowest BCUT2D eigenvalue weighted by Crippen LogP contribution is -2.21. The molecule has 0 aromatic carbocycles. The summed E-state index contributed by atoms with van der Waals surface area (Å²) in [7, 11) is 0. The van der Waals surface area contributed by atoms with Crippen molar-refractivity contribution in [1.82, 2.24) is 9.78 Å². The van der Waals surface area contributed by atoms with Crippen LogP contribution in [0.25, 0.3) is 0 Å². The molecule has 5 heteroatoms. The van der Waals surface area contributed by atoms with Crippen molar-refractivity contribution in [1.29, 1.82) is 0 Å². The van der Waals surface area contributed by atoms with Crippen LogP contribution in [0, 0.1) is 0 Å². The molecular formula is C9H14N2O3. The third-order valence-corrected chi connectivity index (χ3v) is 1.89. The standard InChI is InChI=1S/C9H14N2O3/c1-9(2,3)6-4-7(12)11(10-6)5-8(13)14/h4,10H,5H2,1-3H3,(H,13,14). The van der Waals surface area contributed by atoms with Gasteiger partial charge >= 0.3 is 5.97 Å². The molecule has 0 aliphatic heterocycles. The van der Waals surface area contributed by atoms with E-state index in [1.165, 1.54) is 6.07 Å². The highest BCUT2D eigenvalue weighted by atomic mass is 16.4. The summed E-state index contributed by atoms with van der Waals surface area (Å²) in [6.45, 7) is 5.52. The molecule has 5 nitrogen and oxygen atoms in total. The van der Waals surface area contributed by atoms with Crippen molar-refractivity contribution in [3.8, 4) is 0 Å². The molecule has 1 aromatic heterocycles. The molecule has 0 amide bonds. The quantitative estimate of drug-likeness (QED) is 0.729. The number of aliphatic carboxylic acids is 1. The maximum Gasteiger partial charge on any atom is 0.325 e. The Kier molecular flexibility index (Phi) is 2.51. The van der Waals surface area contributed by atoms with Crippen molar-refractivity contribution in [2.45, 2.75) is 32.7 Å². The minimum absolute atomic E-state index is 0.178. The number of nitrogens with one attached hydrogen (secondary N) is 1. The van der Waals surface area contributed by atoms with E-state index in [2.05, 4.69) is 5.10 Å². The minimum Gasteiger partial charge on any atom is -0.480 e. The van der Waals surface area contributed by atoms with E-state index in [0.717, 1.165) is 10.4 Å². The van der Waals surface area contributed by atoms with Gasteiger partial charge in [-0.05, 0) is 0 Å². The average molecular weight is 198 g/mol. The van der Waals surface area contributed by atoms with Crippen LogP contribution in [0.5, 0.6) is 0 Å². The number of carboxylic acids is 1. The minimum atomic E-state index is -1.03. The van der Waals surface area contributed by atoms with Crippen LogP contribution in [0.15, 0.2) is 10.9 Å². The lowest BCUT2D eigenvalue weighted by Gasteiger charge is -2.15. The first-order chi connectivity index (χ1) is 6.30. The van der Waals surface area contributed by atoms with Gasteiger partial charge in [-0.25, -0.2) is 4.68 Å². The zero-order valence-electron chi connectivity index (χ0n) is 8.50. The van der Waals surface area contributed by atoms with Crippen LogP contribution in [-0.4, -0.2) is 20.9 Å². The predicted octanol–water partition coefficient (Wildman–Crippen LogP) is 0.558. The van der Waals surface area contributed by atoms with Gasteiger partial charge in [0.2, 0.25) is 0 Å². The molecule has 2 N–H and O–H groups in total. The Morgan fingerprint density at radius 3 is 2.50 bits per heavy atom. The monoisotopic (exact) mass is 198 g/mol. The number of aromatic amines is 1. The van der Waals surface area contributed by atoms with Gasteiger partial charge in [0, 0.05) is 17.2 Å². The molecule has 0 saturated heterocycles. The average Bonchev–Trinajstić information content (AvgIpc) is 2.30. The van der Waals surface area contributed by atoms with Crippen molar-refractivity contribution >= 4 is 5.97 Å². The first kappa shape index (κ1) is 10.6. The van der Waals surface area contributed by atoms with E-state index >= 15 is 0 Å². The third kappa shape index (κ3) is 2.25. The highest BCUT2D eigenvalue weighted by molar-refractivity contribution is 5.66. The summed E-state index contributed by atoms with van der Waals surface area (Å²) < 4.78 is 1.09. The number of carbonyl (C=O) groups is 1. The molecule has 0 aliphatic carbocycles. The van der Waals surface area contributed by atoms with Crippen LogP contribution in [0.4, 0.5) is 0 Å². The second kappa shape index (κ2) is 3.32. The number of carboxylic acid groups (broad SMARTS) is 1. The van der Waals surface area contributed by atoms with Crippen LogP contribution >= 0.6 is 0 Å². The second-order valence-corrected chi connectivity index (χ2v) is 4.24. The van der Waals surface area contributed by atoms with Crippen LogP contribution in [0.3, 0.4) is 0 Å². The summed E-state index contributed by atoms with van der Waals surface area (Å²) in [6.07, 6.45) is 0. The number of hydrogen-bond donors (Lipinski definition) is 2. The van der Waals surface area contributed by atoms with Gasteiger partial charge in [-0.3, -0.25) is 14.7 Å². The van der Waals surface area contributed by atoms with E-state index < -0.39 is 5.97 Å². The van der Waals surface area contributed by atoms with Crippen molar-refractivity contribution in [2.24, 2.45) is 0 Å². The van der Waals surface area contributed by atoms with Gasteiger partial charge in [0.05, 0.1) is 0 Å². The van der Waals surface area contributed by atoms with Crippen LogP contribution in [0.1, 0.15) is 26.5 Å². The molecule has 0 unspecified atom stereocenters. The van der Waals surface area contributed by atoms with E-state index in [1.807, 2.05) is 20.8 Å². The van der Waals surface area contributed by atoms with Gasteiger partial charge in [0.15, 0.2) is 0 Å². The summed E-state index contributed by atoms with van der Waals surface area (Å²) in [5.74, 6) is -1.03. The molecule has 1 aromatic rings. The third-order valence-electron chi connectivity index (χ3n) is 1.89. The number of nitrogens with zero attached hydrogens (tertiary/aromatic N) is 1. The van der Waals surface area contributed by atoms with E-state index in [9.17, 15) is 9.59 Å². The van der Waals surface area contributed by atoms with Gasteiger partial charge in [0.25, 0.3) is 5.56 Å². The Morgan fingerprint density at radius 1 is 1.57 bits per heavy atom. The highest BCUT2D eigenvalue weighted by Crippen LogP contribution is 2.17. The molecule has 14 heavy (non-hydrogen) atoms. The largest absolute Gasteiger partial charge is 0.480 e. The topological polar surface area (TPSA) is 75.1 Å². The Bertz CT molecular complexity index is 395. The first-order valence-electron chi connectivity index (χ1n) is 4.33. The second-order valence-electron chi connectivity index (χ2n) is 4.24. The lowest BCUT2D eigenvalue weighted by atomic mass is 9.93.